The van der Waals surface area contributed by atoms with Gasteiger partial charge in [0.1, 0.15) is 5.15 Å². The molecule has 1 heterocycles. The summed E-state index contributed by atoms with van der Waals surface area (Å²) in [6.07, 6.45) is 1.40. The minimum atomic E-state index is -0.274. The van der Waals surface area contributed by atoms with Crippen molar-refractivity contribution in [2.75, 3.05) is 5.32 Å². The van der Waals surface area contributed by atoms with E-state index < -0.39 is 0 Å². The molecule has 0 saturated carbocycles. The zero-order valence-corrected chi connectivity index (χ0v) is 13.9. The van der Waals surface area contributed by atoms with Gasteiger partial charge in [0.05, 0.1) is 10.6 Å². The second-order valence-corrected chi connectivity index (χ2v) is 6.05. The summed E-state index contributed by atoms with van der Waals surface area (Å²) in [4.78, 5) is 16.1. The summed E-state index contributed by atoms with van der Waals surface area (Å²) in [5.74, 6) is -0.274. The van der Waals surface area contributed by atoms with E-state index in [1.165, 1.54) is 12.3 Å². The van der Waals surface area contributed by atoms with Crippen LogP contribution in [0.3, 0.4) is 0 Å². The number of pyridine rings is 1. The molecule has 1 aromatic carbocycles. The van der Waals surface area contributed by atoms with E-state index in [1.54, 1.807) is 0 Å². The van der Waals surface area contributed by atoms with Crippen molar-refractivity contribution in [1.82, 2.24) is 4.98 Å². The number of carbonyl (C=O) groups excluding carboxylic acids is 1. The molecule has 0 spiro atoms. The van der Waals surface area contributed by atoms with Crippen molar-refractivity contribution in [1.29, 1.82) is 0 Å². The molecule has 0 unspecified atom stereocenters. The Hall–Kier alpha value is -1.10. The Bertz CT molecular complexity index is 666. The molecule has 0 atom stereocenters. The van der Waals surface area contributed by atoms with Gasteiger partial charge in [-0.2, -0.15) is 0 Å². The number of nitrogens with zero attached hydrogens (tertiary/aromatic N) is 1. The van der Waals surface area contributed by atoms with E-state index in [-0.39, 0.29) is 16.1 Å². The van der Waals surface area contributed by atoms with Crippen LogP contribution in [0.15, 0.2) is 28.9 Å². The van der Waals surface area contributed by atoms with Crippen LogP contribution in [0.25, 0.3) is 0 Å². The lowest BCUT2D eigenvalue weighted by atomic mass is 10.1. The first kappa shape index (κ1) is 15.3. The number of rotatable bonds is 2. The molecule has 0 bridgehead atoms. The number of nitrogens with one attached hydrogen (secondary N) is 1. The Morgan fingerprint density at radius 3 is 2.35 bits per heavy atom. The summed E-state index contributed by atoms with van der Waals surface area (Å²) < 4.78 is 0.974. The largest absolute Gasteiger partial charge is 0.321 e. The Kier molecular flexibility index (Phi) is 4.68. The Balaban J connectivity index is 2.30. The van der Waals surface area contributed by atoms with Crippen LogP contribution in [-0.2, 0) is 0 Å². The average molecular weight is 374 g/mol. The summed E-state index contributed by atoms with van der Waals surface area (Å²) in [7, 11) is 0. The van der Waals surface area contributed by atoms with Crippen LogP contribution in [0.2, 0.25) is 10.2 Å². The molecule has 20 heavy (non-hydrogen) atoms. The zero-order chi connectivity index (χ0) is 14.9. The van der Waals surface area contributed by atoms with E-state index in [9.17, 15) is 4.79 Å². The highest BCUT2D eigenvalue weighted by Crippen LogP contribution is 2.26. The second-order valence-electron chi connectivity index (χ2n) is 4.37. The molecule has 2 rings (SSSR count). The number of halogens is 3. The van der Waals surface area contributed by atoms with Crippen molar-refractivity contribution < 1.29 is 4.79 Å². The van der Waals surface area contributed by atoms with Crippen LogP contribution >= 0.6 is 39.1 Å². The third kappa shape index (κ3) is 3.32. The first-order valence-corrected chi connectivity index (χ1v) is 7.32. The summed E-state index contributed by atoms with van der Waals surface area (Å²) in [6, 6.07) is 5.38. The van der Waals surface area contributed by atoms with Crippen LogP contribution in [0.1, 0.15) is 21.5 Å². The maximum Gasteiger partial charge on any atom is 0.257 e. The number of amides is 1. The Morgan fingerprint density at radius 2 is 1.80 bits per heavy atom. The summed E-state index contributed by atoms with van der Waals surface area (Å²) in [6.45, 7) is 3.86. The average Bonchev–Trinajstić information content (AvgIpc) is 2.36. The molecule has 0 aliphatic rings. The standard InChI is InChI=1S/C14H11BrCl2N2O/c1-7-3-10(15)4-8(2)12(7)19-14(20)9-5-11(16)13(17)18-6-9/h3-6H,1-2H3,(H,19,20). The maximum absolute atomic E-state index is 12.2. The van der Waals surface area contributed by atoms with Gasteiger partial charge in [0.2, 0.25) is 0 Å². The van der Waals surface area contributed by atoms with Crippen molar-refractivity contribution in [2.24, 2.45) is 0 Å². The smallest absolute Gasteiger partial charge is 0.257 e. The van der Waals surface area contributed by atoms with Crippen molar-refractivity contribution in [3.63, 3.8) is 0 Å². The number of carbonyl (C=O) groups is 1. The van der Waals surface area contributed by atoms with Crippen LogP contribution < -0.4 is 5.32 Å². The molecule has 0 aliphatic carbocycles. The van der Waals surface area contributed by atoms with E-state index in [0.29, 0.717) is 5.56 Å². The number of benzene rings is 1. The zero-order valence-electron chi connectivity index (χ0n) is 10.8. The molecule has 1 aromatic heterocycles. The fraction of sp³-hybridized carbons (Fsp3) is 0.143. The third-order valence-corrected chi connectivity index (χ3v) is 3.94. The second kappa shape index (κ2) is 6.12. The molecule has 0 radical (unpaired) electrons. The molecule has 2 aromatic rings. The van der Waals surface area contributed by atoms with E-state index in [0.717, 1.165) is 21.3 Å². The van der Waals surface area contributed by atoms with Gasteiger partial charge in [-0.25, -0.2) is 4.98 Å². The summed E-state index contributed by atoms with van der Waals surface area (Å²) in [5.41, 5.74) is 3.09. The molecule has 104 valence electrons. The molecule has 0 aliphatic heterocycles. The van der Waals surface area contributed by atoms with Crippen LogP contribution in [0, 0.1) is 13.8 Å². The van der Waals surface area contributed by atoms with Gasteiger partial charge in [0.15, 0.2) is 0 Å². The minimum Gasteiger partial charge on any atom is -0.321 e. The van der Waals surface area contributed by atoms with Crippen LogP contribution in [0.4, 0.5) is 5.69 Å². The maximum atomic E-state index is 12.2. The fourth-order valence-corrected chi connectivity index (χ4v) is 2.80. The van der Waals surface area contributed by atoms with Gasteiger partial charge < -0.3 is 5.32 Å². The van der Waals surface area contributed by atoms with Crippen molar-refractivity contribution >= 4 is 50.7 Å². The van der Waals surface area contributed by atoms with Gasteiger partial charge in [0.25, 0.3) is 5.91 Å². The third-order valence-electron chi connectivity index (χ3n) is 2.79. The van der Waals surface area contributed by atoms with Gasteiger partial charge in [-0.1, -0.05) is 39.1 Å². The lowest BCUT2D eigenvalue weighted by molar-refractivity contribution is 0.102. The highest BCUT2D eigenvalue weighted by atomic mass is 79.9. The number of hydrogen-bond acceptors (Lipinski definition) is 2. The van der Waals surface area contributed by atoms with Gasteiger partial charge in [0, 0.05) is 16.4 Å². The number of hydrogen-bond donors (Lipinski definition) is 1. The minimum absolute atomic E-state index is 0.180. The number of anilines is 1. The lowest BCUT2D eigenvalue weighted by Gasteiger charge is -2.12. The number of aryl methyl sites for hydroxylation is 2. The van der Waals surface area contributed by atoms with Gasteiger partial charge in [-0.3, -0.25) is 4.79 Å². The SMILES string of the molecule is Cc1cc(Br)cc(C)c1NC(=O)c1cnc(Cl)c(Cl)c1. The Morgan fingerprint density at radius 1 is 1.20 bits per heavy atom. The predicted octanol–water partition coefficient (Wildman–Crippen LogP) is 5.02. The molecule has 1 N–H and O–H groups in total. The van der Waals surface area contributed by atoms with Gasteiger partial charge in [-0.15, -0.1) is 0 Å². The van der Waals surface area contributed by atoms with E-state index in [2.05, 4.69) is 26.2 Å². The van der Waals surface area contributed by atoms with Crippen molar-refractivity contribution in [3.05, 3.63) is 55.7 Å². The van der Waals surface area contributed by atoms with E-state index in [1.807, 2.05) is 26.0 Å². The summed E-state index contributed by atoms with van der Waals surface area (Å²) >= 11 is 15.0. The monoisotopic (exact) mass is 372 g/mol. The Labute approximate surface area is 135 Å². The molecule has 3 nitrogen and oxygen atoms in total. The fourth-order valence-electron chi connectivity index (χ4n) is 1.84. The molecule has 6 heteroatoms. The topological polar surface area (TPSA) is 42.0 Å². The first-order chi connectivity index (χ1) is 9.38. The van der Waals surface area contributed by atoms with Crippen LogP contribution in [-0.4, -0.2) is 10.9 Å². The van der Waals surface area contributed by atoms with Crippen LogP contribution in [0.5, 0.6) is 0 Å². The highest BCUT2D eigenvalue weighted by molar-refractivity contribution is 9.10. The van der Waals surface area contributed by atoms with Gasteiger partial charge in [-0.05, 0) is 43.2 Å². The van der Waals surface area contributed by atoms with Gasteiger partial charge >= 0.3 is 0 Å². The van der Waals surface area contributed by atoms with E-state index in [4.69, 9.17) is 23.2 Å². The molecule has 1 amide bonds. The normalized spacial score (nSPS) is 10.4. The lowest BCUT2D eigenvalue weighted by Crippen LogP contribution is -2.14. The quantitative estimate of drug-likeness (QED) is 0.751. The van der Waals surface area contributed by atoms with E-state index >= 15 is 0 Å². The molecular weight excluding hydrogens is 363 g/mol. The van der Waals surface area contributed by atoms with Crippen molar-refractivity contribution in [2.45, 2.75) is 13.8 Å². The molecule has 0 saturated heterocycles. The molecule has 0 fully saturated rings. The predicted molar refractivity (Wildman–Crippen MR) is 85.8 cm³/mol. The molecular formula is C14H11BrCl2N2O. The summed E-state index contributed by atoms with van der Waals surface area (Å²) in [5, 5.41) is 3.30. The van der Waals surface area contributed by atoms with Crippen molar-refractivity contribution in [3.8, 4) is 0 Å². The highest BCUT2D eigenvalue weighted by Gasteiger charge is 2.12. The number of aromatic nitrogens is 1. The first-order valence-electron chi connectivity index (χ1n) is 5.77.